The highest BCUT2D eigenvalue weighted by Gasteiger charge is 2.74. The molecule has 13 N–H and O–H groups in total. The van der Waals surface area contributed by atoms with Crippen LogP contribution in [0.4, 0.5) is 0 Å². The first kappa shape index (κ1) is 70.6. The van der Waals surface area contributed by atoms with Gasteiger partial charge in [-0.05, 0) is 171 Å². The van der Waals surface area contributed by atoms with Crippen molar-refractivity contribution in [2.75, 3.05) is 26.4 Å². The Morgan fingerprint density at radius 3 is 1.68 bits per heavy atom. The zero-order valence-electron chi connectivity index (χ0n) is 57.2. The topological polar surface area (TPSA) is 353 Å². The van der Waals surface area contributed by atoms with Crippen LogP contribution in [0.5, 0.6) is 0 Å². The van der Waals surface area contributed by atoms with Crippen LogP contribution >= 0.6 is 0 Å². The van der Waals surface area contributed by atoms with Gasteiger partial charge < -0.3 is 94.8 Å². The molecule has 0 spiro atoms. The Morgan fingerprint density at radius 2 is 1.09 bits per heavy atom. The summed E-state index contributed by atoms with van der Waals surface area (Å²) in [6.07, 6.45) is -7.77. The van der Waals surface area contributed by atoms with Crippen molar-refractivity contribution in [1.82, 2.24) is 0 Å². The number of aliphatic hydroxyl groups excluding tert-OH is 13. The summed E-state index contributed by atoms with van der Waals surface area (Å²) in [5.74, 6) is -1.77. The molecule has 12 rings (SSSR count). The lowest BCUT2D eigenvalue weighted by molar-refractivity contribution is -0.356. The molecule has 3 aliphatic heterocycles. The first-order valence-corrected chi connectivity index (χ1v) is 35.3. The second-order valence-corrected chi connectivity index (χ2v) is 35.7. The summed E-state index contributed by atoms with van der Waals surface area (Å²) in [4.78, 5) is 30.3. The zero-order valence-corrected chi connectivity index (χ0v) is 57.2. The standard InChI is InChI=1S/C72H114O21/c1-61(2)22-27-72(59(87)93-57-52(83)50(81)48(79)41(33-74)90-57)28-24-68(10)37(46(72)54(61)85)14-16-45-64(6)31-39(77)55-66(8,43(64)18-20-70(45,68)12)35-88-60(91-55)62(3,4)21-25-71(58(86)92-56-51(82)49(80)47(78)40(32-73)89-56)26-23-67(9)36(29-71)13-15-44-63(5)30-38(76)53(84)65(7,34-75)42(63)17-19-69(44,67)11/h13-14,38-57,60,73-85H,15-35H2,1-12H3. The Morgan fingerprint density at radius 1 is 0.559 bits per heavy atom. The summed E-state index contributed by atoms with van der Waals surface area (Å²) in [6, 6.07) is 0. The van der Waals surface area contributed by atoms with Crippen molar-refractivity contribution >= 4 is 11.9 Å². The van der Waals surface area contributed by atoms with Crippen LogP contribution in [0.25, 0.3) is 0 Å². The zero-order chi connectivity index (χ0) is 67.9. The van der Waals surface area contributed by atoms with Crippen LogP contribution in [-0.4, -0.2) is 203 Å². The van der Waals surface area contributed by atoms with Crippen molar-refractivity contribution < 1.29 is 104 Å². The maximum Gasteiger partial charge on any atom is 0.315 e. The molecule has 10 fully saturated rings. The third-order valence-corrected chi connectivity index (χ3v) is 30.6. The molecule has 528 valence electrons. The van der Waals surface area contributed by atoms with E-state index >= 15 is 4.79 Å². The van der Waals surface area contributed by atoms with E-state index in [1.54, 1.807) is 0 Å². The van der Waals surface area contributed by atoms with Gasteiger partial charge in [0.1, 0.15) is 48.8 Å². The fraction of sp³-hybridized carbons (Fsp3) is 0.917. The van der Waals surface area contributed by atoms with E-state index < -0.39 is 183 Å². The fourth-order valence-electron chi connectivity index (χ4n) is 24.1. The number of ether oxygens (including phenoxy) is 6. The third-order valence-electron chi connectivity index (χ3n) is 30.6. The van der Waals surface area contributed by atoms with Crippen LogP contribution in [0.1, 0.15) is 192 Å². The molecule has 0 aromatic heterocycles. The molecule has 12 aliphatic rings. The molecule has 93 heavy (non-hydrogen) atoms. The van der Waals surface area contributed by atoms with Crippen LogP contribution in [0.2, 0.25) is 0 Å². The first-order chi connectivity index (χ1) is 43.2. The van der Waals surface area contributed by atoms with Gasteiger partial charge in [0.25, 0.3) is 0 Å². The lowest BCUT2D eigenvalue weighted by Gasteiger charge is -2.72. The molecule has 0 radical (unpaired) electrons. The molecule has 21 nitrogen and oxygen atoms in total. The maximum atomic E-state index is 15.4. The number of allylic oxidation sites excluding steroid dienone is 3. The summed E-state index contributed by atoms with van der Waals surface area (Å²) >= 11 is 0. The lowest BCUT2D eigenvalue weighted by atomic mass is 9.33. The van der Waals surface area contributed by atoms with Gasteiger partial charge in [0.05, 0.1) is 67.8 Å². The van der Waals surface area contributed by atoms with E-state index in [-0.39, 0.29) is 41.1 Å². The van der Waals surface area contributed by atoms with Gasteiger partial charge in [0.2, 0.25) is 12.6 Å². The summed E-state index contributed by atoms with van der Waals surface area (Å²) in [5.41, 5.74) is -5.49. The van der Waals surface area contributed by atoms with Crippen LogP contribution in [-0.2, 0) is 38.0 Å². The Labute approximate surface area is 549 Å². The molecule has 0 aromatic carbocycles. The van der Waals surface area contributed by atoms with Gasteiger partial charge in [-0.3, -0.25) is 9.59 Å². The summed E-state index contributed by atoms with van der Waals surface area (Å²) < 4.78 is 37.9. The third kappa shape index (κ3) is 9.93. The number of hydrogen-bond acceptors (Lipinski definition) is 21. The minimum Gasteiger partial charge on any atom is -0.432 e. The smallest absolute Gasteiger partial charge is 0.315 e. The molecule has 3 heterocycles. The second kappa shape index (κ2) is 23.4. The van der Waals surface area contributed by atoms with E-state index in [0.29, 0.717) is 90.1 Å². The molecular weight excluding hydrogens is 1200 g/mol. The monoisotopic (exact) mass is 1310 g/mol. The number of esters is 2. The molecular formula is C72H114O21. The number of carbonyl (C=O) groups excluding carboxylic acids is 2. The number of hydrogen-bond donors (Lipinski definition) is 13. The van der Waals surface area contributed by atoms with E-state index in [1.807, 2.05) is 20.8 Å². The summed E-state index contributed by atoms with van der Waals surface area (Å²) in [5, 5.41) is 144. The number of aliphatic hydroxyl groups is 13. The molecule has 7 saturated carbocycles. The van der Waals surface area contributed by atoms with Crippen molar-refractivity contribution in [2.45, 2.75) is 290 Å². The number of carbonyl (C=O) groups is 2. The van der Waals surface area contributed by atoms with Gasteiger partial charge in [-0.25, -0.2) is 0 Å². The van der Waals surface area contributed by atoms with Gasteiger partial charge in [0.15, 0.2) is 6.29 Å². The Bertz CT molecular complexity index is 2920. The first-order valence-electron chi connectivity index (χ1n) is 35.3. The molecule has 9 aliphatic carbocycles. The van der Waals surface area contributed by atoms with Crippen molar-refractivity contribution in [1.29, 1.82) is 0 Å². The predicted molar refractivity (Wildman–Crippen MR) is 335 cm³/mol. The lowest BCUT2D eigenvalue weighted by Crippen LogP contribution is -2.71. The van der Waals surface area contributed by atoms with Gasteiger partial charge in [-0.2, -0.15) is 0 Å². The van der Waals surface area contributed by atoms with Gasteiger partial charge in [-0.15, -0.1) is 0 Å². The van der Waals surface area contributed by atoms with Crippen LogP contribution in [0.15, 0.2) is 23.3 Å². The SMILES string of the molecule is CC(C)(CCC1(C(=O)OC2OC(CO)C(O)C(O)C2O)CCC2(C)C(=CCC3C4(C)CC(O)C(O)C(C)(CO)C4CCC32C)C1)C1OCC2(C)C(O1)C(O)CC1(C)C2CCC2(C)C1CC=C1C3C(O)C(C)(C)CCC3(C(=O)OC3OC(CO)C(O)C(O)C3O)CCC12C. The molecule has 3 saturated heterocycles. The van der Waals surface area contributed by atoms with Crippen molar-refractivity contribution in [3.05, 3.63) is 23.3 Å². The Kier molecular flexibility index (Phi) is 17.8. The molecule has 0 aromatic rings. The van der Waals surface area contributed by atoms with Gasteiger partial charge in [-0.1, -0.05) is 106 Å². The van der Waals surface area contributed by atoms with Crippen LogP contribution in [0.3, 0.4) is 0 Å². The average molecular weight is 1320 g/mol. The Hall–Kier alpha value is -2.26. The minimum atomic E-state index is -1.80. The van der Waals surface area contributed by atoms with Gasteiger partial charge in [0, 0.05) is 22.2 Å². The summed E-state index contributed by atoms with van der Waals surface area (Å²) in [7, 11) is 0. The van der Waals surface area contributed by atoms with Crippen LogP contribution in [0, 0.1) is 94.6 Å². The van der Waals surface area contributed by atoms with E-state index in [1.165, 1.54) is 0 Å². The highest BCUT2D eigenvalue weighted by Crippen LogP contribution is 2.78. The predicted octanol–water partition coefficient (Wildman–Crippen LogP) is 4.61. The number of fused-ring (bicyclic) bond motifs is 14. The Balaban J connectivity index is 0.792. The highest BCUT2D eigenvalue weighted by molar-refractivity contribution is 5.79. The molecule has 21 heteroatoms. The maximum absolute atomic E-state index is 15.4. The van der Waals surface area contributed by atoms with Crippen molar-refractivity contribution in [3.63, 3.8) is 0 Å². The van der Waals surface area contributed by atoms with Gasteiger partial charge >= 0.3 is 11.9 Å². The molecule has 31 unspecified atom stereocenters. The normalized spacial score (nSPS) is 54.9. The summed E-state index contributed by atoms with van der Waals surface area (Å²) in [6.45, 7) is 24.8. The average Bonchev–Trinajstić information content (AvgIpc) is 0.677. The fourth-order valence-corrected chi connectivity index (χ4v) is 24.1. The van der Waals surface area contributed by atoms with Crippen molar-refractivity contribution in [2.24, 2.45) is 94.6 Å². The number of rotatable bonds is 11. The second-order valence-electron chi connectivity index (χ2n) is 35.7. The van der Waals surface area contributed by atoms with E-state index in [4.69, 9.17) is 28.4 Å². The molecule has 31 atom stereocenters. The van der Waals surface area contributed by atoms with Crippen molar-refractivity contribution in [3.8, 4) is 0 Å². The van der Waals surface area contributed by atoms with E-state index in [2.05, 4.69) is 74.5 Å². The quantitative estimate of drug-likeness (QED) is 0.0992. The van der Waals surface area contributed by atoms with Crippen LogP contribution < -0.4 is 0 Å². The minimum absolute atomic E-state index is 0.0425. The molecule has 0 bridgehead atoms. The van der Waals surface area contributed by atoms with E-state index in [9.17, 15) is 71.2 Å². The van der Waals surface area contributed by atoms with E-state index in [0.717, 1.165) is 36.8 Å². The highest BCUT2D eigenvalue weighted by atomic mass is 16.7. The molecule has 0 amide bonds. The largest absolute Gasteiger partial charge is 0.432 e.